The maximum absolute atomic E-state index is 12.2. The molecule has 0 aliphatic heterocycles. The van der Waals surface area contributed by atoms with Crippen LogP contribution in [0, 0.1) is 0 Å². The minimum absolute atomic E-state index is 0.0879. The number of amides is 1. The Morgan fingerprint density at radius 1 is 1.32 bits per heavy atom. The lowest BCUT2D eigenvalue weighted by Crippen LogP contribution is -2.19. The molecule has 0 aliphatic carbocycles. The number of hydrogen-bond donors (Lipinski definition) is 2. The molecule has 1 aromatic heterocycles. The summed E-state index contributed by atoms with van der Waals surface area (Å²) in [6.45, 7) is 5.91. The van der Waals surface area contributed by atoms with E-state index in [4.69, 9.17) is 10.6 Å². The molecule has 3 N–H and O–H groups in total. The molecule has 8 nitrogen and oxygen atoms in total. The molecule has 0 saturated heterocycles. The van der Waals surface area contributed by atoms with Crippen molar-refractivity contribution in [1.82, 2.24) is 14.9 Å². The van der Waals surface area contributed by atoms with Gasteiger partial charge in [0.25, 0.3) is 0 Å². The Hall–Kier alpha value is -2.55. The number of nitrogens with one attached hydrogen (secondary N) is 1. The Bertz CT molecular complexity index is 760. The average Bonchev–Trinajstić information content (AvgIpc) is 2.94. The highest BCUT2D eigenvalue weighted by Crippen LogP contribution is 2.20. The van der Waals surface area contributed by atoms with Crippen LogP contribution in [-0.4, -0.2) is 39.1 Å². The molecule has 9 heteroatoms. The van der Waals surface area contributed by atoms with Gasteiger partial charge in [-0.2, -0.15) is 0 Å². The standard InChI is InChI=1S/C16H21N5O3S/c1-4-24-15(23)11-7-5-6-8-12(11)18-13(22)9-25-16-20-19-14(10(2)3)21(16)17/h5-8,10H,4,9,17H2,1-3H3,(H,18,22). The van der Waals surface area contributed by atoms with Crippen molar-refractivity contribution in [2.45, 2.75) is 31.8 Å². The zero-order valence-corrected chi connectivity index (χ0v) is 15.2. The molecule has 25 heavy (non-hydrogen) atoms. The van der Waals surface area contributed by atoms with Crippen molar-refractivity contribution >= 4 is 29.3 Å². The lowest BCUT2D eigenvalue weighted by molar-refractivity contribution is -0.113. The van der Waals surface area contributed by atoms with Gasteiger partial charge in [0.15, 0.2) is 5.82 Å². The summed E-state index contributed by atoms with van der Waals surface area (Å²) in [5, 5.41) is 11.2. The summed E-state index contributed by atoms with van der Waals surface area (Å²) in [5.74, 6) is 6.03. The number of nitrogen functional groups attached to an aromatic ring is 1. The molecule has 2 rings (SSSR count). The van der Waals surface area contributed by atoms with Crippen LogP contribution in [0.2, 0.25) is 0 Å². The summed E-state index contributed by atoms with van der Waals surface area (Å²) < 4.78 is 6.37. The van der Waals surface area contributed by atoms with Gasteiger partial charge in [0.2, 0.25) is 11.1 Å². The number of thioether (sulfide) groups is 1. The van der Waals surface area contributed by atoms with Crippen molar-refractivity contribution in [1.29, 1.82) is 0 Å². The summed E-state index contributed by atoms with van der Waals surface area (Å²) in [6, 6.07) is 6.70. The van der Waals surface area contributed by atoms with E-state index in [1.165, 1.54) is 16.4 Å². The van der Waals surface area contributed by atoms with Gasteiger partial charge in [-0.3, -0.25) is 4.79 Å². The van der Waals surface area contributed by atoms with Crippen molar-refractivity contribution in [3.63, 3.8) is 0 Å². The van der Waals surface area contributed by atoms with Crippen molar-refractivity contribution in [2.75, 3.05) is 23.5 Å². The first-order valence-corrected chi connectivity index (χ1v) is 8.81. The monoisotopic (exact) mass is 363 g/mol. The van der Waals surface area contributed by atoms with Crippen LogP contribution in [0.5, 0.6) is 0 Å². The van der Waals surface area contributed by atoms with Gasteiger partial charge in [0, 0.05) is 5.92 Å². The molecule has 0 saturated carbocycles. The Balaban J connectivity index is 2.01. The van der Waals surface area contributed by atoms with E-state index in [1.807, 2.05) is 13.8 Å². The highest BCUT2D eigenvalue weighted by molar-refractivity contribution is 7.99. The van der Waals surface area contributed by atoms with Crippen molar-refractivity contribution in [3.05, 3.63) is 35.7 Å². The Kier molecular flexibility index (Phi) is 6.40. The molecule has 1 heterocycles. The topological polar surface area (TPSA) is 112 Å². The third-order valence-corrected chi connectivity index (χ3v) is 4.18. The van der Waals surface area contributed by atoms with Gasteiger partial charge >= 0.3 is 5.97 Å². The van der Waals surface area contributed by atoms with E-state index in [0.717, 1.165) is 0 Å². The first-order chi connectivity index (χ1) is 11.9. The number of benzene rings is 1. The number of anilines is 1. The fraction of sp³-hybridized carbons (Fsp3) is 0.375. The summed E-state index contributed by atoms with van der Waals surface area (Å²) in [5.41, 5.74) is 0.718. The van der Waals surface area contributed by atoms with E-state index in [0.29, 0.717) is 22.2 Å². The SMILES string of the molecule is CCOC(=O)c1ccccc1NC(=O)CSc1nnc(C(C)C)n1N. The molecule has 0 spiro atoms. The second kappa shape index (κ2) is 8.52. The average molecular weight is 363 g/mol. The molecule has 0 atom stereocenters. The second-order valence-corrected chi connectivity index (χ2v) is 6.41. The van der Waals surface area contributed by atoms with Crippen molar-refractivity contribution in [3.8, 4) is 0 Å². The number of nitrogens with two attached hydrogens (primary N) is 1. The Morgan fingerprint density at radius 3 is 2.68 bits per heavy atom. The largest absolute Gasteiger partial charge is 0.462 e. The maximum atomic E-state index is 12.2. The first-order valence-electron chi connectivity index (χ1n) is 7.83. The molecule has 134 valence electrons. The van der Waals surface area contributed by atoms with Gasteiger partial charge in [-0.05, 0) is 19.1 Å². The molecule has 1 amide bonds. The van der Waals surface area contributed by atoms with Gasteiger partial charge in [-0.15, -0.1) is 10.2 Å². The number of carbonyl (C=O) groups is 2. The molecule has 0 radical (unpaired) electrons. The molecule has 2 aromatic rings. The highest BCUT2D eigenvalue weighted by atomic mass is 32.2. The van der Waals surface area contributed by atoms with E-state index < -0.39 is 5.97 Å². The fourth-order valence-corrected chi connectivity index (χ4v) is 2.74. The van der Waals surface area contributed by atoms with Crippen molar-refractivity contribution < 1.29 is 14.3 Å². The predicted molar refractivity (Wildman–Crippen MR) is 96.0 cm³/mol. The molecule has 0 aliphatic rings. The quantitative estimate of drug-likeness (QED) is 0.440. The Labute approximate surface area is 150 Å². The van der Waals surface area contributed by atoms with Crippen LogP contribution < -0.4 is 11.2 Å². The number of carbonyl (C=O) groups excluding carboxylic acids is 2. The molecule has 0 bridgehead atoms. The molecular weight excluding hydrogens is 342 g/mol. The Morgan fingerprint density at radius 2 is 2.04 bits per heavy atom. The van der Waals surface area contributed by atoms with E-state index in [9.17, 15) is 9.59 Å². The number of aromatic nitrogens is 3. The number of nitrogens with zero attached hydrogens (tertiary/aromatic N) is 3. The zero-order valence-electron chi connectivity index (χ0n) is 14.4. The third kappa shape index (κ3) is 4.72. The van der Waals surface area contributed by atoms with Crippen LogP contribution in [0.3, 0.4) is 0 Å². The number of para-hydroxylation sites is 1. The van der Waals surface area contributed by atoms with Gasteiger partial charge in [-0.1, -0.05) is 37.7 Å². The van der Waals surface area contributed by atoms with E-state index >= 15 is 0 Å². The van der Waals surface area contributed by atoms with Gasteiger partial charge in [-0.25, -0.2) is 9.47 Å². The van der Waals surface area contributed by atoms with Crippen molar-refractivity contribution in [2.24, 2.45) is 0 Å². The molecule has 0 unspecified atom stereocenters. The normalized spacial score (nSPS) is 10.7. The minimum atomic E-state index is -0.477. The second-order valence-electron chi connectivity index (χ2n) is 5.47. The summed E-state index contributed by atoms with van der Waals surface area (Å²) in [7, 11) is 0. The van der Waals surface area contributed by atoms with Crippen LogP contribution in [0.25, 0.3) is 0 Å². The number of rotatable bonds is 7. The minimum Gasteiger partial charge on any atom is -0.462 e. The highest BCUT2D eigenvalue weighted by Gasteiger charge is 2.16. The van der Waals surface area contributed by atoms with Crippen LogP contribution >= 0.6 is 11.8 Å². The number of hydrogen-bond acceptors (Lipinski definition) is 7. The first kappa shape index (κ1) is 18.8. The lowest BCUT2D eigenvalue weighted by Gasteiger charge is -2.10. The van der Waals surface area contributed by atoms with Crippen LogP contribution in [0.1, 0.15) is 42.9 Å². The number of ether oxygens (including phenoxy) is 1. The third-order valence-electron chi connectivity index (χ3n) is 3.24. The van der Waals surface area contributed by atoms with Crippen LogP contribution in [0.15, 0.2) is 29.4 Å². The fourth-order valence-electron chi connectivity index (χ4n) is 2.08. The maximum Gasteiger partial charge on any atom is 0.340 e. The summed E-state index contributed by atoms with van der Waals surface area (Å²) in [4.78, 5) is 24.1. The summed E-state index contributed by atoms with van der Waals surface area (Å²) >= 11 is 1.17. The van der Waals surface area contributed by atoms with E-state index in [1.54, 1.807) is 31.2 Å². The molecule has 0 fully saturated rings. The molecular formula is C16H21N5O3S. The summed E-state index contributed by atoms with van der Waals surface area (Å²) in [6.07, 6.45) is 0. The van der Waals surface area contributed by atoms with Crippen LogP contribution in [0.4, 0.5) is 5.69 Å². The zero-order chi connectivity index (χ0) is 18.4. The smallest absolute Gasteiger partial charge is 0.340 e. The number of esters is 1. The van der Waals surface area contributed by atoms with E-state index in [-0.39, 0.29) is 24.2 Å². The van der Waals surface area contributed by atoms with Gasteiger partial charge in [0.1, 0.15) is 0 Å². The predicted octanol–water partition coefficient (Wildman–Crippen LogP) is 2.02. The lowest BCUT2D eigenvalue weighted by atomic mass is 10.2. The van der Waals surface area contributed by atoms with Crippen LogP contribution in [-0.2, 0) is 9.53 Å². The molecule has 1 aromatic carbocycles. The van der Waals surface area contributed by atoms with Gasteiger partial charge < -0.3 is 15.9 Å². The van der Waals surface area contributed by atoms with E-state index in [2.05, 4.69) is 15.5 Å². The van der Waals surface area contributed by atoms with Gasteiger partial charge in [0.05, 0.1) is 23.6 Å².